The molecule has 0 spiro atoms. The molecule has 2 aromatic carbocycles. The summed E-state index contributed by atoms with van der Waals surface area (Å²) < 4.78 is 0. The van der Waals surface area contributed by atoms with Crippen LogP contribution in [-0.2, 0) is 0 Å². The lowest BCUT2D eigenvalue weighted by Crippen LogP contribution is -2.12. The fourth-order valence-corrected chi connectivity index (χ4v) is 2.21. The number of rotatable bonds is 4. The fraction of sp³-hybridized carbons (Fsp3) is 0.250. The number of anilines is 2. The maximum Gasteiger partial charge on any atom is 0.293 e. The van der Waals surface area contributed by atoms with Crippen molar-refractivity contribution in [3.8, 4) is 0 Å². The van der Waals surface area contributed by atoms with Crippen LogP contribution in [0.4, 0.5) is 17.1 Å². The van der Waals surface area contributed by atoms with Gasteiger partial charge in [-0.05, 0) is 43.2 Å². The van der Waals surface area contributed by atoms with Crippen molar-refractivity contribution < 1.29 is 10.0 Å². The Morgan fingerprint density at radius 3 is 2.52 bits per heavy atom. The largest absolute Gasteiger partial charge is 0.389 e. The summed E-state index contributed by atoms with van der Waals surface area (Å²) >= 11 is 0. The van der Waals surface area contributed by atoms with Crippen LogP contribution in [0.5, 0.6) is 0 Å². The van der Waals surface area contributed by atoms with E-state index < -0.39 is 11.0 Å². The van der Waals surface area contributed by atoms with Gasteiger partial charge in [-0.3, -0.25) is 10.1 Å². The third kappa shape index (κ3) is 3.20. The molecule has 1 unspecified atom stereocenters. The predicted octanol–water partition coefficient (Wildman–Crippen LogP) is 3.72. The molecule has 21 heavy (non-hydrogen) atoms. The van der Waals surface area contributed by atoms with Gasteiger partial charge in [-0.25, -0.2) is 0 Å². The van der Waals surface area contributed by atoms with Gasteiger partial charge in [0.2, 0.25) is 0 Å². The molecule has 0 bridgehead atoms. The van der Waals surface area contributed by atoms with Crippen molar-refractivity contribution in [2.75, 3.05) is 11.9 Å². The Morgan fingerprint density at radius 2 is 1.95 bits per heavy atom. The van der Waals surface area contributed by atoms with Gasteiger partial charge in [0.1, 0.15) is 5.69 Å². The number of aryl methyl sites for hydroxylation is 1. The number of nitro groups is 1. The van der Waals surface area contributed by atoms with Gasteiger partial charge in [0.25, 0.3) is 5.69 Å². The first-order chi connectivity index (χ1) is 9.90. The molecule has 0 aromatic heterocycles. The van der Waals surface area contributed by atoms with E-state index in [1.54, 1.807) is 31.0 Å². The molecule has 1 N–H and O–H groups in total. The second-order valence-corrected chi connectivity index (χ2v) is 5.08. The molecule has 0 aliphatic heterocycles. The maximum absolute atomic E-state index is 11.3. The number of nitro benzene ring substituents is 1. The van der Waals surface area contributed by atoms with Crippen LogP contribution in [0.3, 0.4) is 0 Å². The van der Waals surface area contributed by atoms with Gasteiger partial charge >= 0.3 is 0 Å². The molecule has 0 saturated heterocycles. The Kier molecular flexibility index (Phi) is 4.23. The van der Waals surface area contributed by atoms with Crippen molar-refractivity contribution in [2.45, 2.75) is 20.0 Å². The molecular formula is C16H18N2O3. The van der Waals surface area contributed by atoms with Gasteiger partial charge in [-0.15, -0.1) is 0 Å². The second kappa shape index (κ2) is 5.93. The number of hydrogen-bond acceptors (Lipinski definition) is 4. The summed E-state index contributed by atoms with van der Waals surface area (Å²) in [5.41, 5.74) is 2.97. The molecule has 0 aliphatic carbocycles. The average molecular weight is 286 g/mol. The van der Waals surface area contributed by atoms with Gasteiger partial charge in [0, 0.05) is 18.8 Å². The molecule has 0 fully saturated rings. The smallest absolute Gasteiger partial charge is 0.293 e. The highest BCUT2D eigenvalue weighted by molar-refractivity contribution is 5.72. The van der Waals surface area contributed by atoms with E-state index in [-0.39, 0.29) is 5.69 Å². The van der Waals surface area contributed by atoms with Crippen molar-refractivity contribution in [3.05, 3.63) is 63.7 Å². The number of nitrogens with zero attached hydrogens (tertiary/aromatic N) is 2. The topological polar surface area (TPSA) is 66.6 Å². The summed E-state index contributed by atoms with van der Waals surface area (Å²) in [4.78, 5) is 12.6. The van der Waals surface area contributed by atoms with E-state index in [0.29, 0.717) is 11.3 Å². The molecule has 5 heteroatoms. The predicted molar refractivity (Wildman–Crippen MR) is 83.0 cm³/mol. The highest BCUT2D eigenvalue weighted by atomic mass is 16.6. The lowest BCUT2D eigenvalue weighted by molar-refractivity contribution is -0.384. The highest BCUT2D eigenvalue weighted by Gasteiger charge is 2.20. The third-order valence-corrected chi connectivity index (χ3v) is 3.43. The van der Waals surface area contributed by atoms with Gasteiger partial charge in [0.15, 0.2) is 0 Å². The minimum atomic E-state index is -0.734. The standard InChI is InChI=1S/C16H18N2O3/c1-11-5-4-6-14(9-11)17(3)15-8-7-13(12(2)19)10-16(15)18(20)21/h4-10,12,19H,1-3H3. The quantitative estimate of drug-likeness (QED) is 0.687. The van der Waals surface area contributed by atoms with Crippen molar-refractivity contribution >= 4 is 17.1 Å². The molecule has 2 rings (SSSR count). The summed E-state index contributed by atoms with van der Waals surface area (Å²) in [6, 6.07) is 12.6. The van der Waals surface area contributed by atoms with E-state index >= 15 is 0 Å². The molecule has 2 aromatic rings. The monoisotopic (exact) mass is 286 g/mol. The van der Waals surface area contributed by atoms with Crippen molar-refractivity contribution in [2.24, 2.45) is 0 Å². The van der Waals surface area contributed by atoms with Crippen LogP contribution in [0.15, 0.2) is 42.5 Å². The van der Waals surface area contributed by atoms with Gasteiger partial charge in [-0.2, -0.15) is 0 Å². The normalized spacial score (nSPS) is 12.0. The Hall–Kier alpha value is -2.40. The van der Waals surface area contributed by atoms with Crippen LogP contribution in [0, 0.1) is 17.0 Å². The molecule has 0 saturated carbocycles. The zero-order chi connectivity index (χ0) is 15.6. The average Bonchev–Trinajstić information content (AvgIpc) is 2.45. The summed E-state index contributed by atoms with van der Waals surface area (Å²) in [6.07, 6.45) is -0.734. The van der Waals surface area contributed by atoms with Crippen LogP contribution < -0.4 is 4.90 Å². The summed E-state index contributed by atoms with van der Waals surface area (Å²) in [5.74, 6) is 0. The van der Waals surface area contributed by atoms with E-state index in [2.05, 4.69) is 0 Å². The van der Waals surface area contributed by atoms with Crippen LogP contribution in [-0.4, -0.2) is 17.1 Å². The van der Waals surface area contributed by atoms with Gasteiger partial charge in [0.05, 0.1) is 11.0 Å². The Morgan fingerprint density at radius 1 is 1.24 bits per heavy atom. The van der Waals surface area contributed by atoms with Crippen molar-refractivity contribution in [1.82, 2.24) is 0 Å². The Balaban J connectivity index is 2.50. The minimum Gasteiger partial charge on any atom is -0.389 e. The number of benzene rings is 2. The Bertz CT molecular complexity index is 668. The molecule has 1 atom stereocenters. The van der Waals surface area contributed by atoms with E-state index in [4.69, 9.17) is 0 Å². The van der Waals surface area contributed by atoms with Gasteiger partial charge < -0.3 is 10.0 Å². The van der Waals surface area contributed by atoms with Gasteiger partial charge in [-0.1, -0.05) is 18.2 Å². The number of hydrogen-bond donors (Lipinski definition) is 1. The van der Waals surface area contributed by atoms with E-state index in [0.717, 1.165) is 11.3 Å². The lowest BCUT2D eigenvalue weighted by Gasteiger charge is -2.20. The molecule has 5 nitrogen and oxygen atoms in total. The first kappa shape index (κ1) is 15.0. The molecule has 0 amide bonds. The first-order valence-electron chi connectivity index (χ1n) is 6.67. The maximum atomic E-state index is 11.3. The SMILES string of the molecule is Cc1cccc(N(C)c2ccc(C(C)O)cc2[N+](=O)[O-])c1. The minimum absolute atomic E-state index is 0.0163. The molecule has 110 valence electrons. The van der Waals surface area contributed by atoms with Crippen LogP contribution >= 0.6 is 0 Å². The summed E-state index contributed by atoms with van der Waals surface area (Å²) in [7, 11) is 1.79. The highest BCUT2D eigenvalue weighted by Crippen LogP contribution is 2.34. The number of aliphatic hydroxyl groups excluding tert-OH is 1. The van der Waals surface area contributed by atoms with E-state index in [1.165, 1.54) is 6.07 Å². The third-order valence-electron chi connectivity index (χ3n) is 3.43. The second-order valence-electron chi connectivity index (χ2n) is 5.08. The zero-order valence-corrected chi connectivity index (χ0v) is 12.3. The first-order valence-corrected chi connectivity index (χ1v) is 6.67. The summed E-state index contributed by atoms with van der Waals surface area (Å²) in [5, 5.41) is 20.9. The fourth-order valence-electron chi connectivity index (χ4n) is 2.21. The van der Waals surface area contributed by atoms with E-state index in [9.17, 15) is 15.2 Å². The van der Waals surface area contributed by atoms with Crippen LogP contribution in [0.25, 0.3) is 0 Å². The van der Waals surface area contributed by atoms with Crippen LogP contribution in [0.2, 0.25) is 0 Å². The zero-order valence-electron chi connectivity index (χ0n) is 12.3. The Labute approximate surface area is 123 Å². The van der Waals surface area contributed by atoms with Crippen LogP contribution in [0.1, 0.15) is 24.2 Å². The lowest BCUT2D eigenvalue weighted by atomic mass is 10.1. The number of aliphatic hydroxyl groups is 1. The van der Waals surface area contributed by atoms with Crippen molar-refractivity contribution in [3.63, 3.8) is 0 Å². The van der Waals surface area contributed by atoms with Crippen molar-refractivity contribution in [1.29, 1.82) is 0 Å². The molecule has 0 aliphatic rings. The molecule has 0 heterocycles. The molecular weight excluding hydrogens is 268 g/mol. The summed E-state index contributed by atoms with van der Waals surface area (Å²) in [6.45, 7) is 3.56. The van der Waals surface area contributed by atoms with E-state index in [1.807, 2.05) is 31.2 Å². The molecule has 0 radical (unpaired) electrons.